The van der Waals surface area contributed by atoms with Crippen LogP contribution in [0.15, 0.2) is 108 Å². The summed E-state index contributed by atoms with van der Waals surface area (Å²) >= 11 is 0. The van der Waals surface area contributed by atoms with Crippen LogP contribution < -0.4 is 10.9 Å². The second-order valence-electron chi connectivity index (χ2n) is 9.95. The molecule has 5 rings (SSSR count). The number of amides is 2. The number of aromatic nitrogens is 2. The molecule has 4 aromatic carbocycles. The molecule has 0 saturated heterocycles. The van der Waals surface area contributed by atoms with Gasteiger partial charge in [0.05, 0.1) is 28.2 Å². The molecule has 1 unspecified atom stereocenters. The van der Waals surface area contributed by atoms with E-state index >= 15 is 0 Å². The molecule has 1 heterocycles. The van der Waals surface area contributed by atoms with Crippen LogP contribution in [0, 0.1) is 0 Å². The van der Waals surface area contributed by atoms with Crippen molar-refractivity contribution in [1.29, 1.82) is 0 Å². The summed E-state index contributed by atoms with van der Waals surface area (Å²) in [6.07, 6.45) is -3.73. The molecule has 1 aromatic heterocycles. The number of alkyl halides is 3. The molecule has 0 aliphatic heterocycles. The van der Waals surface area contributed by atoms with Gasteiger partial charge in [0.2, 0.25) is 0 Å². The maximum absolute atomic E-state index is 13.9. The zero-order valence-corrected chi connectivity index (χ0v) is 23.1. The highest BCUT2D eigenvalue weighted by Crippen LogP contribution is 2.31. The monoisotopic (exact) mass is 570 g/mol. The molecule has 0 bridgehead atoms. The van der Waals surface area contributed by atoms with Crippen LogP contribution in [0.4, 0.5) is 23.7 Å². The molecule has 42 heavy (non-hydrogen) atoms. The maximum atomic E-state index is 13.9. The molecular weight excluding hydrogens is 541 g/mol. The van der Waals surface area contributed by atoms with Gasteiger partial charge in [-0.2, -0.15) is 13.2 Å². The Kier molecular flexibility index (Phi) is 8.10. The molecule has 0 fully saturated rings. The van der Waals surface area contributed by atoms with E-state index in [2.05, 4.69) is 5.32 Å². The highest BCUT2D eigenvalue weighted by molar-refractivity contribution is 5.89. The SMILES string of the molecule is CCc1ccc(-n2c(C(C)N(Cc3ccccc3)C(=O)Nc3cccc(C(F)(F)F)c3)nc3ccccc3c2=O)cc1. The fourth-order valence-corrected chi connectivity index (χ4v) is 4.83. The minimum absolute atomic E-state index is 0.000831. The molecule has 9 heteroatoms. The van der Waals surface area contributed by atoms with E-state index in [4.69, 9.17) is 4.98 Å². The van der Waals surface area contributed by atoms with Gasteiger partial charge in [0.15, 0.2) is 0 Å². The highest BCUT2D eigenvalue weighted by Gasteiger charge is 2.31. The standard InChI is InChI=1S/C33H29F3N4O2/c1-3-23-16-18-27(19-17-23)40-30(38-29-15-8-7-14-28(29)31(40)41)22(2)39(21-24-10-5-4-6-11-24)32(42)37-26-13-9-12-25(20-26)33(34,35)36/h4-20,22H,3,21H2,1-2H3,(H,37,42). The Hall–Kier alpha value is -4.92. The third kappa shape index (κ3) is 6.05. The average molecular weight is 571 g/mol. The Balaban J connectivity index is 1.62. The Morgan fingerprint density at radius 2 is 1.60 bits per heavy atom. The van der Waals surface area contributed by atoms with Gasteiger partial charge in [-0.25, -0.2) is 9.78 Å². The van der Waals surface area contributed by atoms with Gasteiger partial charge in [-0.1, -0.05) is 67.6 Å². The van der Waals surface area contributed by atoms with Crippen LogP contribution in [0.2, 0.25) is 0 Å². The first-order valence-corrected chi connectivity index (χ1v) is 13.6. The number of fused-ring (bicyclic) bond motifs is 1. The van der Waals surface area contributed by atoms with Crippen molar-refractivity contribution in [2.75, 3.05) is 5.32 Å². The van der Waals surface area contributed by atoms with Gasteiger partial charge >= 0.3 is 12.2 Å². The lowest BCUT2D eigenvalue weighted by Crippen LogP contribution is -2.39. The van der Waals surface area contributed by atoms with E-state index in [0.29, 0.717) is 22.4 Å². The van der Waals surface area contributed by atoms with Crippen LogP contribution in [0.25, 0.3) is 16.6 Å². The van der Waals surface area contributed by atoms with Crippen molar-refractivity contribution in [2.45, 2.75) is 39.0 Å². The van der Waals surface area contributed by atoms with Crippen LogP contribution in [0.5, 0.6) is 0 Å². The van der Waals surface area contributed by atoms with Crippen LogP contribution in [0.3, 0.4) is 0 Å². The smallest absolute Gasteiger partial charge is 0.310 e. The Bertz CT molecular complexity index is 1770. The summed E-state index contributed by atoms with van der Waals surface area (Å²) < 4.78 is 41.6. The molecular formula is C33H29F3N4O2. The number of rotatable bonds is 7. The van der Waals surface area contributed by atoms with Gasteiger partial charge in [0.25, 0.3) is 5.56 Å². The molecule has 5 aromatic rings. The van der Waals surface area contributed by atoms with E-state index < -0.39 is 23.8 Å². The predicted molar refractivity (Wildman–Crippen MR) is 158 cm³/mol. The lowest BCUT2D eigenvalue weighted by Gasteiger charge is -2.31. The summed E-state index contributed by atoms with van der Waals surface area (Å²) in [6.45, 7) is 3.91. The second kappa shape index (κ2) is 11.9. The number of para-hydroxylation sites is 1. The third-order valence-corrected chi connectivity index (χ3v) is 7.14. The zero-order chi connectivity index (χ0) is 29.9. The summed E-state index contributed by atoms with van der Waals surface area (Å²) in [4.78, 5) is 34.0. The average Bonchev–Trinajstić information content (AvgIpc) is 3.00. The Labute approximate surface area is 241 Å². The predicted octanol–water partition coefficient (Wildman–Crippen LogP) is 7.76. The lowest BCUT2D eigenvalue weighted by molar-refractivity contribution is -0.137. The van der Waals surface area contributed by atoms with Crippen molar-refractivity contribution < 1.29 is 18.0 Å². The lowest BCUT2D eigenvalue weighted by atomic mass is 10.1. The van der Waals surface area contributed by atoms with Crippen molar-refractivity contribution in [2.24, 2.45) is 0 Å². The van der Waals surface area contributed by atoms with Gasteiger partial charge in [-0.15, -0.1) is 0 Å². The third-order valence-electron chi connectivity index (χ3n) is 7.14. The fourth-order valence-electron chi connectivity index (χ4n) is 4.83. The number of aryl methyl sites for hydroxylation is 1. The van der Waals surface area contributed by atoms with Crippen molar-refractivity contribution >= 4 is 22.6 Å². The summed E-state index contributed by atoms with van der Waals surface area (Å²) in [6, 6.07) is 26.9. The molecule has 6 nitrogen and oxygen atoms in total. The van der Waals surface area contributed by atoms with Crippen LogP contribution in [-0.2, 0) is 19.1 Å². The molecule has 0 spiro atoms. The van der Waals surface area contributed by atoms with Crippen molar-refractivity contribution in [3.63, 3.8) is 0 Å². The number of urea groups is 1. The summed E-state index contributed by atoms with van der Waals surface area (Å²) in [7, 11) is 0. The van der Waals surface area contributed by atoms with E-state index in [0.717, 1.165) is 29.7 Å². The quantitative estimate of drug-likeness (QED) is 0.217. The number of nitrogens with zero attached hydrogens (tertiary/aromatic N) is 3. The molecule has 1 atom stereocenters. The largest absolute Gasteiger partial charge is 0.416 e. The first-order valence-electron chi connectivity index (χ1n) is 13.6. The highest BCUT2D eigenvalue weighted by atomic mass is 19.4. The van der Waals surface area contributed by atoms with Gasteiger partial charge in [-0.3, -0.25) is 9.36 Å². The number of carbonyl (C=O) groups is 1. The normalized spacial score (nSPS) is 12.2. The second-order valence-corrected chi connectivity index (χ2v) is 9.95. The minimum atomic E-state index is -4.56. The van der Waals surface area contributed by atoms with Crippen molar-refractivity contribution in [3.05, 3.63) is 136 Å². The summed E-state index contributed by atoms with van der Waals surface area (Å²) in [5.41, 5.74) is 1.80. The molecule has 0 aliphatic rings. The minimum Gasteiger partial charge on any atom is -0.310 e. The zero-order valence-electron chi connectivity index (χ0n) is 23.1. The molecule has 0 saturated carbocycles. The van der Waals surface area contributed by atoms with Gasteiger partial charge in [0, 0.05) is 12.2 Å². The van der Waals surface area contributed by atoms with Crippen molar-refractivity contribution in [3.8, 4) is 5.69 Å². The molecule has 0 aliphatic carbocycles. The number of anilines is 1. The Morgan fingerprint density at radius 3 is 2.29 bits per heavy atom. The summed E-state index contributed by atoms with van der Waals surface area (Å²) in [5, 5.41) is 3.05. The first-order chi connectivity index (χ1) is 20.2. The first kappa shape index (κ1) is 28.6. The number of benzene rings is 4. The fraction of sp³-hybridized carbons (Fsp3) is 0.182. The van der Waals surface area contributed by atoms with Gasteiger partial charge in [0.1, 0.15) is 5.82 Å². The van der Waals surface area contributed by atoms with Gasteiger partial charge < -0.3 is 10.2 Å². The summed E-state index contributed by atoms with van der Waals surface area (Å²) in [5.74, 6) is 0.318. The topological polar surface area (TPSA) is 67.2 Å². The Morgan fingerprint density at radius 1 is 0.905 bits per heavy atom. The van der Waals surface area contributed by atoms with Crippen LogP contribution in [0.1, 0.15) is 42.4 Å². The van der Waals surface area contributed by atoms with E-state index in [9.17, 15) is 22.8 Å². The van der Waals surface area contributed by atoms with E-state index in [1.165, 1.54) is 21.6 Å². The van der Waals surface area contributed by atoms with Crippen LogP contribution >= 0.6 is 0 Å². The number of hydrogen-bond donors (Lipinski definition) is 1. The number of carbonyl (C=O) groups excluding carboxylic acids is 1. The van der Waals surface area contributed by atoms with Crippen LogP contribution in [-0.4, -0.2) is 20.5 Å². The molecule has 1 N–H and O–H groups in total. The van der Waals surface area contributed by atoms with E-state index in [-0.39, 0.29) is 17.8 Å². The number of hydrogen-bond acceptors (Lipinski definition) is 3. The maximum Gasteiger partial charge on any atom is 0.416 e. The van der Waals surface area contributed by atoms with Crippen molar-refractivity contribution in [1.82, 2.24) is 14.5 Å². The molecule has 214 valence electrons. The molecule has 2 amide bonds. The van der Waals surface area contributed by atoms with Gasteiger partial charge in [-0.05, 0) is 66.9 Å². The molecule has 0 radical (unpaired) electrons. The van der Waals surface area contributed by atoms with E-state index in [1.807, 2.05) is 61.5 Å². The van der Waals surface area contributed by atoms with E-state index in [1.54, 1.807) is 31.2 Å². The number of halogens is 3. The number of nitrogens with one attached hydrogen (secondary N) is 1.